The van der Waals surface area contributed by atoms with Crippen LogP contribution in [0.5, 0.6) is 5.75 Å². The quantitative estimate of drug-likeness (QED) is 0.650. The molecule has 2 aromatic heterocycles. The molecular formula is C15H12ClF2N3O3S. The van der Waals surface area contributed by atoms with Gasteiger partial charge in [0.2, 0.25) is 5.16 Å². The molecule has 1 atom stereocenters. The number of fused-ring (bicyclic) bond motifs is 1. The van der Waals surface area contributed by atoms with Crippen LogP contribution in [0.2, 0.25) is 5.02 Å². The Morgan fingerprint density at radius 1 is 1.32 bits per heavy atom. The zero-order valence-electron chi connectivity index (χ0n) is 12.9. The second-order valence-corrected chi connectivity index (χ2v) is 6.56. The lowest BCUT2D eigenvalue weighted by molar-refractivity contribution is -0.136. The lowest BCUT2D eigenvalue weighted by Crippen LogP contribution is -2.20. The molecule has 10 heteroatoms. The summed E-state index contributed by atoms with van der Waals surface area (Å²) >= 11 is 6.01. The SMILES string of the molecule is COc1c(Cl)ccnc1CS(=O)c1nc2ccccc2n1OC(F)F. The third-order valence-corrected chi connectivity index (χ3v) is 4.78. The summed E-state index contributed by atoms with van der Waals surface area (Å²) in [6, 6.07) is 8.02. The van der Waals surface area contributed by atoms with Gasteiger partial charge in [-0.25, -0.2) is 4.98 Å². The van der Waals surface area contributed by atoms with Crippen LogP contribution in [-0.2, 0) is 16.6 Å². The minimum Gasteiger partial charge on any atom is -0.493 e. The Kier molecular flexibility index (Phi) is 5.14. The number of halogens is 3. The number of imidazole rings is 1. The summed E-state index contributed by atoms with van der Waals surface area (Å²) in [6.45, 7) is -3.09. The van der Waals surface area contributed by atoms with Gasteiger partial charge in [-0.1, -0.05) is 23.7 Å². The molecular weight excluding hydrogens is 376 g/mol. The number of aromatic nitrogens is 3. The van der Waals surface area contributed by atoms with Gasteiger partial charge in [0.25, 0.3) is 0 Å². The van der Waals surface area contributed by atoms with Crippen LogP contribution >= 0.6 is 11.6 Å². The lowest BCUT2D eigenvalue weighted by Gasteiger charge is -2.11. The summed E-state index contributed by atoms with van der Waals surface area (Å²) in [4.78, 5) is 12.7. The van der Waals surface area contributed by atoms with Gasteiger partial charge >= 0.3 is 6.61 Å². The third-order valence-electron chi connectivity index (χ3n) is 3.28. The predicted octanol–water partition coefficient (Wildman–Crippen LogP) is 3.05. The molecule has 25 heavy (non-hydrogen) atoms. The number of hydrogen-bond donors (Lipinski definition) is 0. The van der Waals surface area contributed by atoms with Crippen LogP contribution in [0.25, 0.3) is 11.0 Å². The highest BCUT2D eigenvalue weighted by Gasteiger charge is 2.22. The Morgan fingerprint density at radius 3 is 2.80 bits per heavy atom. The molecule has 0 amide bonds. The molecule has 0 bridgehead atoms. The second kappa shape index (κ2) is 7.32. The minimum atomic E-state index is -3.09. The Morgan fingerprint density at radius 2 is 2.08 bits per heavy atom. The normalized spacial score (nSPS) is 12.5. The number of benzene rings is 1. The molecule has 0 spiro atoms. The number of hydrogen-bond acceptors (Lipinski definition) is 5. The second-order valence-electron chi connectivity index (χ2n) is 4.81. The van der Waals surface area contributed by atoms with Crippen molar-refractivity contribution in [2.75, 3.05) is 7.11 Å². The summed E-state index contributed by atoms with van der Waals surface area (Å²) in [7, 11) is -0.416. The van der Waals surface area contributed by atoms with Gasteiger partial charge in [-0.2, -0.15) is 8.78 Å². The highest BCUT2D eigenvalue weighted by molar-refractivity contribution is 7.84. The molecule has 0 aliphatic rings. The number of alkyl halides is 2. The van der Waals surface area contributed by atoms with E-state index in [1.807, 2.05) is 0 Å². The number of nitrogens with zero attached hydrogens (tertiary/aromatic N) is 3. The molecule has 3 aromatic rings. The number of pyridine rings is 1. The van der Waals surface area contributed by atoms with Gasteiger partial charge in [-0.3, -0.25) is 9.19 Å². The van der Waals surface area contributed by atoms with Crippen molar-refractivity contribution in [1.82, 2.24) is 14.7 Å². The highest BCUT2D eigenvalue weighted by Crippen LogP contribution is 2.28. The molecule has 0 N–H and O–H groups in total. The topological polar surface area (TPSA) is 66.2 Å². The molecule has 0 radical (unpaired) electrons. The van der Waals surface area contributed by atoms with Gasteiger partial charge in [0.05, 0.1) is 39.9 Å². The molecule has 6 nitrogen and oxygen atoms in total. The first-order valence-electron chi connectivity index (χ1n) is 6.99. The third kappa shape index (κ3) is 3.57. The van der Waals surface area contributed by atoms with Crippen LogP contribution in [0.4, 0.5) is 8.78 Å². The van der Waals surface area contributed by atoms with Crippen LogP contribution in [0.15, 0.2) is 41.7 Å². The molecule has 2 heterocycles. The molecule has 0 fully saturated rings. The van der Waals surface area contributed by atoms with E-state index in [1.165, 1.54) is 19.4 Å². The number of rotatable bonds is 6. The van der Waals surface area contributed by atoms with Gasteiger partial charge in [-0.05, 0) is 18.2 Å². The van der Waals surface area contributed by atoms with Crippen molar-refractivity contribution in [3.8, 4) is 5.75 Å². The average Bonchev–Trinajstić information content (AvgIpc) is 2.93. The molecule has 0 saturated heterocycles. The maximum absolute atomic E-state index is 12.7. The van der Waals surface area contributed by atoms with E-state index < -0.39 is 17.4 Å². The number of para-hydroxylation sites is 2. The van der Waals surface area contributed by atoms with Gasteiger partial charge in [0.15, 0.2) is 5.75 Å². The first-order chi connectivity index (χ1) is 12.0. The average molecular weight is 388 g/mol. The van der Waals surface area contributed by atoms with Gasteiger partial charge < -0.3 is 9.57 Å². The van der Waals surface area contributed by atoms with Crippen molar-refractivity contribution in [3.05, 3.63) is 47.2 Å². The summed E-state index contributed by atoms with van der Waals surface area (Å²) in [5.41, 5.74) is 0.999. The van der Waals surface area contributed by atoms with Crippen molar-refractivity contribution in [1.29, 1.82) is 0 Å². The predicted molar refractivity (Wildman–Crippen MR) is 88.2 cm³/mol. The smallest absolute Gasteiger partial charge is 0.405 e. The van der Waals surface area contributed by atoms with E-state index in [1.54, 1.807) is 24.3 Å². The Hall–Kier alpha value is -2.26. The van der Waals surface area contributed by atoms with E-state index in [0.717, 1.165) is 4.73 Å². The maximum Gasteiger partial charge on any atom is 0.405 e. The van der Waals surface area contributed by atoms with Crippen molar-refractivity contribution in [3.63, 3.8) is 0 Å². The van der Waals surface area contributed by atoms with Crippen LogP contribution in [-0.4, -0.2) is 32.6 Å². The van der Waals surface area contributed by atoms with Gasteiger partial charge in [-0.15, -0.1) is 4.73 Å². The van der Waals surface area contributed by atoms with Crippen LogP contribution in [0.3, 0.4) is 0 Å². The van der Waals surface area contributed by atoms with Crippen molar-refractivity contribution < 1.29 is 22.6 Å². The van der Waals surface area contributed by atoms with Crippen LogP contribution < -0.4 is 9.57 Å². The molecule has 0 saturated carbocycles. The Labute approximate surface area is 148 Å². The molecule has 1 aromatic carbocycles. The number of methoxy groups -OCH3 is 1. The van der Waals surface area contributed by atoms with E-state index in [-0.39, 0.29) is 22.2 Å². The molecule has 0 aliphatic heterocycles. The van der Waals surface area contributed by atoms with E-state index >= 15 is 0 Å². The summed E-state index contributed by atoms with van der Waals surface area (Å²) in [6.07, 6.45) is 1.44. The fourth-order valence-electron chi connectivity index (χ4n) is 2.28. The fourth-order valence-corrected chi connectivity index (χ4v) is 3.63. The van der Waals surface area contributed by atoms with E-state index in [9.17, 15) is 13.0 Å². The van der Waals surface area contributed by atoms with E-state index in [0.29, 0.717) is 16.2 Å². The van der Waals surface area contributed by atoms with Crippen molar-refractivity contribution in [2.45, 2.75) is 17.5 Å². The zero-order valence-corrected chi connectivity index (χ0v) is 14.4. The first-order valence-corrected chi connectivity index (χ1v) is 8.69. The number of ether oxygens (including phenoxy) is 1. The van der Waals surface area contributed by atoms with Crippen molar-refractivity contribution >= 4 is 33.4 Å². The highest BCUT2D eigenvalue weighted by atomic mass is 35.5. The van der Waals surface area contributed by atoms with E-state index in [2.05, 4.69) is 14.8 Å². The maximum atomic E-state index is 12.7. The molecule has 132 valence electrons. The zero-order chi connectivity index (χ0) is 18.0. The monoisotopic (exact) mass is 387 g/mol. The summed E-state index contributed by atoms with van der Waals surface area (Å²) in [5, 5.41) is 0.159. The molecule has 0 aliphatic carbocycles. The van der Waals surface area contributed by atoms with E-state index in [4.69, 9.17) is 16.3 Å². The van der Waals surface area contributed by atoms with Crippen LogP contribution in [0, 0.1) is 0 Å². The minimum absolute atomic E-state index is 0.125. The lowest BCUT2D eigenvalue weighted by atomic mass is 10.3. The standard InChI is InChI=1S/C15H12ClF2N3O3S/c1-23-13-9(16)6-7-19-11(13)8-25(22)15-20-10-4-2-3-5-12(10)21(15)24-14(17)18/h2-7,14H,8H2,1H3. The largest absolute Gasteiger partial charge is 0.493 e. The van der Waals surface area contributed by atoms with Gasteiger partial charge in [0.1, 0.15) is 5.52 Å². The fraction of sp³-hybridized carbons (Fsp3) is 0.200. The molecule has 3 rings (SSSR count). The summed E-state index contributed by atoms with van der Waals surface area (Å²) < 4.78 is 44.2. The van der Waals surface area contributed by atoms with Crippen molar-refractivity contribution in [2.24, 2.45) is 0 Å². The molecule has 1 unspecified atom stereocenters. The Balaban J connectivity index is 2.01. The van der Waals surface area contributed by atoms with Gasteiger partial charge in [0, 0.05) is 6.20 Å². The summed E-state index contributed by atoms with van der Waals surface area (Å²) in [5.74, 6) is 0.148. The van der Waals surface area contributed by atoms with Crippen LogP contribution in [0.1, 0.15) is 5.69 Å². The first kappa shape index (κ1) is 17.6. The Bertz CT molecular complexity index is 936.